The molecule has 1 unspecified atom stereocenters. The second-order valence-electron chi connectivity index (χ2n) is 9.65. The van der Waals surface area contributed by atoms with Gasteiger partial charge >= 0.3 is 5.97 Å². The largest absolute Gasteiger partial charge is 0.448 e. The number of benzene rings is 4. The third-order valence-electron chi connectivity index (χ3n) is 7.33. The summed E-state index contributed by atoms with van der Waals surface area (Å²) in [5.41, 5.74) is 2.45. The molecular formula is C33H25ClN2O4. The lowest BCUT2D eigenvalue weighted by Gasteiger charge is -2.20. The number of hydrogen-bond donors (Lipinski definition) is 0. The number of halogens is 1. The number of para-hydroxylation sites is 2. The van der Waals surface area contributed by atoms with Crippen LogP contribution in [0.2, 0.25) is 5.02 Å². The van der Waals surface area contributed by atoms with Crippen LogP contribution in [-0.4, -0.2) is 27.1 Å². The van der Waals surface area contributed by atoms with Crippen LogP contribution < -0.4 is 5.56 Å². The van der Waals surface area contributed by atoms with Gasteiger partial charge in [0, 0.05) is 33.8 Å². The van der Waals surface area contributed by atoms with E-state index in [1.165, 1.54) is 4.57 Å². The Morgan fingerprint density at radius 3 is 1.88 bits per heavy atom. The fraction of sp³-hybridized carbons (Fsp3) is 0.121. The van der Waals surface area contributed by atoms with Gasteiger partial charge in [0.05, 0.1) is 11.0 Å². The van der Waals surface area contributed by atoms with Gasteiger partial charge in [-0.05, 0) is 47.7 Å². The SMILES string of the molecule is CCC(OC(=O)c1c(-c2ccc(Cl)cc2)c2ccccc2c(=O)n1C)C(=O)n1c2ccccc2c2ccccc21. The van der Waals surface area contributed by atoms with Gasteiger partial charge in [-0.15, -0.1) is 0 Å². The lowest BCUT2D eigenvalue weighted by atomic mass is 9.96. The van der Waals surface area contributed by atoms with Crippen LogP contribution in [0.4, 0.5) is 0 Å². The number of carbonyl (C=O) groups is 2. The number of nitrogens with zero attached hydrogens (tertiary/aromatic N) is 2. The highest BCUT2D eigenvalue weighted by Gasteiger charge is 2.30. The standard InChI is InChI=1S/C33H25ClN2O4/c1-3-28(32(38)36-26-14-8-6-10-22(26)23-11-7-9-15-27(23)36)40-33(39)30-29(20-16-18-21(34)19-17-20)24-12-4-5-13-25(24)31(37)35(30)2/h4-19,28H,3H2,1-2H3. The summed E-state index contributed by atoms with van der Waals surface area (Å²) in [6.07, 6.45) is -0.824. The molecule has 1 atom stereocenters. The van der Waals surface area contributed by atoms with E-state index in [1.807, 2.05) is 54.6 Å². The van der Waals surface area contributed by atoms with Crippen LogP contribution in [0.15, 0.2) is 102 Å². The van der Waals surface area contributed by atoms with Gasteiger partial charge in [0.1, 0.15) is 5.69 Å². The lowest BCUT2D eigenvalue weighted by molar-refractivity contribution is 0.0236. The van der Waals surface area contributed by atoms with E-state index in [0.717, 1.165) is 21.8 Å². The third kappa shape index (κ3) is 4.08. The lowest BCUT2D eigenvalue weighted by Crippen LogP contribution is -2.33. The van der Waals surface area contributed by atoms with E-state index in [1.54, 1.807) is 61.0 Å². The number of aromatic nitrogens is 2. The molecule has 0 fully saturated rings. The fourth-order valence-corrected chi connectivity index (χ4v) is 5.54. The van der Waals surface area contributed by atoms with Crippen molar-refractivity contribution in [2.24, 2.45) is 7.05 Å². The van der Waals surface area contributed by atoms with E-state index in [2.05, 4.69) is 0 Å². The Labute approximate surface area is 235 Å². The van der Waals surface area contributed by atoms with Crippen LogP contribution in [0.25, 0.3) is 43.7 Å². The minimum Gasteiger partial charge on any atom is -0.448 e. The Balaban J connectivity index is 1.48. The fourth-order valence-electron chi connectivity index (χ4n) is 5.41. The molecule has 2 heterocycles. The first-order valence-corrected chi connectivity index (χ1v) is 13.4. The summed E-state index contributed by atoms with van der Waals surface area (Å²) in [6, 6.07) is 29.5. The molecule has 0 aliphatic carbocycles. The highest BCUT2D eigenvalue weighted by atomic mass is 35.5. The Bertz CT molecular complexity index is 1950. The molecule has 0 saturated carbocycles. The maximum atomic E-state index is 14.0. The van der Waals surface area contributed by atoms with Crippen LogP contribution in [0.3, 0.4) is 0 Å². The third-order valence-corrected chi connectivity index (χ3v) is 7.58. The minimum atomic E-state index is -1.08. The summed E-state index contributed by atoms with van der Waals surface area (Å²) >= 11 is 6.14. The molecule has 2 aromatic heterocycles. The first-order valence-electron chi connectivity index (χ1n) is 13.0. The number of carbonyl (C=O) groups excluding carboxylic acids is 2. The van der Waals surface area contributed by atoms with Gasteiger partial charge in [-0.2, -0.15) is 0 Å². The maximum absolute atomic E-state index is 14.0. The molecule has 0 spiro atoms. The normalized spacial score (nSPS) is 12.2. The first-order chi connectivity index (χ1) is 19.4. The molecule has 7 heteroatoms. The van der Waals surface area contributed by atoms with Crippen molar-refractivity contribution in [1.29, 1.82) is 0 Å². The van der Waals surface area contributed by atoms with Crippen molar-refractivity contribution in [3.63, 3.8) is 0 Å². The van der Waals surface area contributed by atoms with E-state index in [-0.39, 0.29) is 23.6 Å². The van der Waals surface area contributed by atoms with Crippen molar-refractivity contribution < 1.29 is 14.3 Å². The number of ether oxygens (including phenoxy) is 1. The van der Waals surface area contributed by atoms with Crippen molar-refractivity contribution in [3.8, 4) is 11.1 Å². The van der Waals surface area contributed by atoms with Gasteiger partial charge in [0.2, 0.25) is 0 Å². The average Bonchev–Trinajstić information content (AvgIpc) is 3.32. The molecule has 198 valence electrons. The van der Waals surface area contributed by atoms with E-state index < -0.39 is 12.1 Å². The second kappa shape index (κ2) is 10.1. The van der Waals surface area contributed by atoms with Crippen molar-refractivity contribution in [1.82, 2.24) is 9.13 Å². The molecule has 6 nitrogen and oxygen atoms in total. The van der Waals surface area contributed by atoms with Crippen molar-refractivity contribution in [3.05, 3.63) is 118 Å². The smallest absolute Gasteiger partial charge is 0.356 e. The number of esters is 1. The van der Waals surface area contributed by atoms with Crippen molar-refractivity contribution >= 4 is 56.1 Å². The number of rotatable bonds is 5. The van der Waals surface area contributed by atoms with Crippen molar-refractivity contribution in [2.45, 2.75) is 19.4 Å². The number of hydrogen-bond acceptors (Lipinski definition) is 4. The molecule has 0 N–H and O–H groups in total. The van der Waals surface area contributed by atoms with Gasteiger partial charge < -0.3 is 9.30 Å². The van der Waals surface area contributed by atoms with Crippen LogP contribution >= 0.6 is 11.6 Å². The molecule has 0 amide bonds. The summed E-state index contributed by atoms with van der Waals surface area (Å²) < 4.78 is 8.86. The summed E-state index contributed by atoms with van der Waals surface area (Å²) in [6.45, 7) is 1.79. The predicted octanol–water partition coefficient (Wildman–Crippen LogP) is 7.24. The van der Waals surface area contributed by atoms with Crippen molar-refractivity contribution in [2.75, 3.05) is 0 Å². The second-order valence-corrected chi connectivity index (χ2v) is 10.1. The minimum absolute atomic E-state index is 0.0690. The van der Waals surface area contributed by atoms with Crippen LogP contribution in [-0.2, 0) is 11.8 Å². The van der Waals surface area contributed by atoms with E-state index in [4.69, 9.17) is 16.3 Å². The Kier molecular flexibility index (Phi) is 6.48. The van der Waals surface area contributed by atoms with Gasteiger partial charge in [0.25, 0.3) is 11.5 Å². The molecule has 0 saturated heterocycles. The van der Waals surface area contributed by atoms with Gasteiger partial charge in [-0.3, -0.25) is 14.2 Å². The summed E-state index contributed by atoms with van der Waals surface area (Å²) in [7, 11) is 1.54. The van der Waals surface area contributed by atoms with E-state index in [9.17, 15) is 14.4 Å². The maximum Gasteiger partial charge on any atom is 0.356 e. The highest BCUT2D eigenvalue weighted by Crippen LogP contribution is 2.33. The zero-order valence-electron chi connectivity index (χ0n) is 21.9. The quantitative estimate of drug-likeness (QED) is 0.213. The summed E-state index contributed by atoms with van der Waals surface area (Å²) in [5, 5.41) is 3.51. The summed E-state index contributed by atoms with van der Waals surface area (Å²) in [5.74, 6) is -1.11. The average molecular weight is 549 g/mol. The van der Waals surface area contributed by atoms with Gasteiger partial charge in [-0.1, -0.05) is 85.3 Å². The molecular weight excluding hydrogens is 524 g/mol. The molecule has 4 aromatic carbocycles. The molecule has 6 aromatic rings. The Morgan fingerprint density at radius 2 is 1.30 bits per heavy atom. The molecule has 0 aliphatic heterocycles. The molecule has 0 bridgehead atoms. The predicted molar refractivity (Wildman–Crippen MR) is 159 cm³/mol. The van der Waals surface area contributed by atoms with Gasteiger partial charge in [-0.25, -0.2) is 4.79 Å². The van der Waals surface area contributed by atoms with E-state index >= 15 is 0 Å². The zero-order chi connectivity index (χ0) is 28.0. The topological polar surface area (TPSA) is 70.3 Å². The Morgan fingerprint density at radius 1 is 0.775 bits per heavy atom. The molecule has 0 radical (unpaired) electrons. The van der Waals surface area contributed by atoms with E-state index in [0.29, 0.717) is 26.9 Å². The highest BCUT2D eigenvalue weighted by molar-refractivity contribution is 6.30. The monoisotopic (exact) mass is 548 g/mol. The summed E-state index contributed by atoms with van der Waals surface area (Å²) in [4.78, 5) is 41.2. The van der Waals surface area contributed by atoms with Crippen LogP contribution in [0.1, 0.15) is 28.6 Å². The molecule has 0 aliphatic rings. The molecule has 40 heavy (non-hydrogen) atoms. The number of fused-ring (bicyclic) bond motifs is 4. The Hall–Kier alpha value is -4.68. The van der Waals surface area contributed by atoms with Gasteiger partial charge in [0.15, 0.2) is 6.10 Å². The van der Waals surface area contributed by atoms with Crippen LogP contribution in [0.5, 0.6) is 0 Å². The van der Waals surface area contributed by atoms with Crippen LogP contribution in [0, 0.1) is 0 Å². The number of pyridine rings is 1. The zero-order valence-corrected chi connectivity index (χ0v) is 22.7. The molecule has 6 rings (SSSR count). The first kappa shape index (κ1) is 25.6.